The molecule has 1 saturated heterocycles. The molecule has 0 saturated carbocycles. The Hall–Kier alpha value is -1.85. The number of rotatable bonds is 4. The van der Waals surface area contributed by atoms with E-state index >= 15 is 0 Å². The quantitative estimate of drug-likeness (QED) is 0.912. The number of aromatic nitrogens is 2. The van der Waals surface area contributed by atoms with Crippen LogP contribution in [0.15, 0.2) is 30.3 Å². The van der Waals surface area contributed by atoms with E-state index in [-0.39, 0.29) is 12.0 Å². The minimum absolute atomic E-state index is 0.132. The smallest absolute Gasteiger partial charge is 0.269 e. The fourth-order valence-corrected chi connectivity index (χ4v) is 2.44. The zero-order valence-corrected chi connectivity index (χ0v) is 12.2. The summed E-state index contributed by atoms with van der Waals surface area (Å²) in [4.78, 5) is 12.0. The Labute approximate surface area is 127 Å². The average molecular weight is 306 g/mol. The van der Waals surface area contributed by atoms with E-state index in [4.69, 9.17) is 16.3 Å². The van der Waals surface area contributed by atoms with E-state index in [0.29, 0.717) is 23.0 Å². The number of carbonyl (C=O) groups is 1. The van der Waals surface area contributed by atoms with Crippen molar-refractivity contribution in [3.05, 3.63) is 41.0 Å². The van der Waals surface area contributed by atoms with Crippen molar-refractivity contribution in [3.8, 4) is 11.3 Å². The van der Waals surface area contributed by atoms with Crippen molar-refractivity contribution in [1.82, 2.24) is 15.5 Å². The highest BCUT2D eigenvalue weighted by Crippen LogP contribution is 2.20. The van der Waals surface area contributed by atoms with Crippen molar-refractivity contribution < 1.29 is 9.53 Å². The molecule has 1 aromatic carbocycles. The molecular formula is C15H16ClN3O2. The first-order chi connectivity index (χ1) is 10.2. The van der Waals surface area contributed by atoms with Gasteiger partial charge < -0.3 is 10.1 Å². The van der Waals surface area contributed by atoms with Gasteiger partial charge >= 0.3 is 0 Å². The third-order valence-electron chi connectivity index (χ3n) is 3.48. The Balaban J connectivity index is 1.63. The minimum atomic E-state index is -0.168. The molecule has 3 rings (SSSR count). The normalized spacial score (nSPS) is 17.9. The van der Waals surface area contributed by atoms with Crippen LogP contribution in [0.25, 0.3) is 11.3 Å². The van der Waals surface area contributed by atoms with Gasteiger partial charge in [0.1, 0.15) is 5.69 Å². The second-order valence-corrected chi connectivity index (χ2v) is 5.46. The number of hydrogen-bond donors (Lipinski definition) is 2. The van der Waals surface area contributed by atoms with Crippen molar-refractivity contribution in [2.45, 2.75) is 18.9 Å². The molecule has 2 aromatic rings. The number of nitrogens with one attached hydrogen (secondary N) is 2. The molecule has 6 heteroatoms. The van der Waals surface area contributed by atoms with Crippen LogP contribution in [0.4, 0.5) is 0 Å². The first-order valence-corrected chi connectivity index (χ1v) is 7.31. The first-order valence-electron chi connectivity index (χ1n) is 6.93. The van der Waals surface area contributed by atoms with Crippen LogP contribution in [-0.4, -0.2) is 35.4 Å². The summed E-state index contributed by atoms with van der Waals surface area (Å²) in [6.07, 6.45) is 2.19. The Kier molecular flexibility index (Phi) is 4.22. The van der Waals surface area contributed by atoms with E-state index in [2.05, 4.69) is 15.5 Å². The summed E-state index contributed by atoms with van der Waals surface area (Å²) in [5.41, 5.74) is 2.07. The fraction of sp³-hybridized carbons (Fsp3) is 0.333. The van der Waals surface area contributed by atoms with Gasteiger partial charge in [0.15, 0.2) is 0 Å². The lowest BCUT2D eigenvalue weighted by molar-refractivity contribution is 0.0853. The van der Waals surface area contributed by atoms with Gasteiger partial charge in [-0.2, -0.15) is 5.10 Å². The largest absolute Gasteiger partial charge is 0.376 e. The summed E-state index contributed by atoms with van der Waals surface area (Å²) in [6, 6.07) is 9.05. The van der Waals surface area contributed by atoms with Crippen molar-refractivity contribution in [1.29, 1.82) is 0 Å². The number of amides is 1. The van der Waals surface area contributed by atoms with Crippen LogP contribution < -0.4 is 5.32 Å². The summed E-state index contributed by atoms with van der Waals surface area (Å²) in [6.45, 7) is 1.32. The maximum absolute atomic E-state index is 12.0. The van der Waals surface area contributed by atoms with E-state index in [1.807, 2.05) is 12.1 Å². The molecule has 1 aliphatic heterocycles. The molecule has 2 heterocycles. The van der Waals surface area contributed by atoms with Crippen LogP contribution in [-0.2, 0) is 4.74 Å². The Morgan fingerprint density at radius 2 is 2.24 bits per heavy atom. The number of ether oxygens (including phenoxy) is 1. The van der Waals surface area contributed by atoms with Crippen LogP contribution in [0, 0.1) is 0 Å². The van der Waals surface area contributed by atoms with Crippen molar-refractivity contribution >= 4 is 17.5 Å². The summed E-state index contributed by atoms with van der Waals surface area (Å²) >= 11 is 5.85. The predicted molar refractivity (Wildman–Crippen MR) is 80.3 cm³/mol. The molecular weight excluding hydrogens is 290 g/mol. The molecule has 5 nitrogen and oxygen atoms in total. The summed E-state index contributed by atoms with van der Waals surface area (Å²) in [7, 11) is 0. The Bertz CT molecular complexity index is 618. The van der Waals surface area contributed by atoms with Crippen LogP contribution in [0.2, 0.25) is 5.02 Å². The van der Waals surface area contributed by atoms with Gasteiger partial charge in [0.25, 0.3) is 5.91 Å². The van der Waals surface area contributed by atoms with E-state index in [0.717, 1.165) is 25.0 Å². The summed E-state index contributed by atoms with van der Waals surface area (Å²) < 4.78 is 5.47. The van der Waals surface area contributed by atoms with Crippen LogP contribution in [0.3, 0.4) is 0 Å². The number of carbonyl (C=O) groups excluding carboxylic acids is 1. The molecule has 0 spiro atoms. The Morgan fingerprint density at radius 3 is 2.95 bits per heavy atom. The third-order valence-corrected chi connectivity index (χ3v) is 3.73. The van der Waals surface area contributed by atoms with Gasteiger partial charge in [-0.1, -0.05) is 23.7 Å². The average Bonchev–Trinajstić information content (AvgIpc) is 3.17. The number of halogens is 1. The van der Waals surface area contributed by atoms with Gasteiger partial charge in [-0.25, -0.2) is 0 Å². The van der Waals surface area contributed by atoms with Crippen molar-refractivity contribution in [3.63, 3.8) is 0 Å². The van der Waals surface area contributed by atoms with E-state index < -0.39 is 0 Å². The minimum Gasteiger partial charge on any atom is -0.376 e. The third kappa shape index (κ3) is 3.43. The van der Waals surface area contributed by atoms with E-state index in [9.17, 15) is 4.79 Å². The van der Waals surface area contributed by atoms with Gasteiger partial charge in [0.05, 0.1) is 11.8 Å². The maximum Gasteiger partial charge on any atom is 0.269 e. The van der Waals surface area contributed by atoms with Gasteiger partial charge in [-0.15, -0.1) is 0 Å². The van der Waals surface area contributed by atoms with Gasteiger partial charge in [0, 0.05) is 23.7 Å². The van der Waals surface area contributed by atoms with Crippen molar-refractivity contribution in [2.75, 3.05) is 13.2 Å². The lowest BCUT2D eigenvalue weighted by Gasteiger charge is -2.09. The molecule has 1 aliphatic rings. The second-order valence-electron chi connectivity index (χ2n) is 5.02. The molecule has 21 heavy (non-hydrogen) atoms. The number of hydrogen-bond acceptors (Lipinski definition) is 3. The molecule has 1 fully saturated rings. The molecule has 0 bridgehead atoms. The first kappa shape index (κ1) is 14.1. The maximum atomic E-state index is 12.0. The predicted octanol–water partition coefficient (Wildman–Crippen LogP) is 2.64. The molecule has 0 aliphatic carbocycles. The monoisotopic (exact) mass is 305 g/mol. The SMILES string of the molecule is O=C(NC[C@H]1CCCO1)c1cc(-c2ccc(Cl)cc2)n[nH]1. The highest BCUT2D eigenvalue weighted by Gasteiger charge is 2.17. The molecule has 0 radical (unpaired) electrons. The molecule has 2 N–H and O–H groups in total. The van der Waals surface area contributed by atoms with Gasteiger partial charge in [-0.05, 0) is 31.0 Å². The number of benzene rings is 1. The lowest BCUT2D eigenvalue weighted by atomic mass is 10.1. The van der Waals surface area contributed by atoms with E-state index in [1.54, 1.807) is 18.2 Å². The van der Waals surface area contributed by atoms with Crippen LogP contribution >= 0.6 is 11.6 Å². The number of H-pyrrole nitrogens is 1. The fourth-order valence-electron chi connectivity index (χ4n) is 2.31. The van der Waals surface area contributed by atoms with Gasteiger partial charge in [0.2, 0.25) is 0 Å². The highest BCUT2D eigenvalue weighted by molar-refractivity contribution is 6.30. The molecule has 0 unspecified atom stereocenters. The summed E-state index contributed by atoms with van der Waals surface area (Å²) in [5.74, 6) is -0.168. The number of aromatic amines is 1. The molecule has 1 atom stereocenters. The van der Waals surface area contributed by atoms with Crippen LogP contribution in [0.1, 0.15) is 23.3 Å². The molecule has 1 amide bonds. The topological polar surface area (TPSA) is 67.0 Å². The van der Waals surface area contributed by atoms with Crippen LogP contribution in [0.5, 0.6) is 0 Å². The zero-order chi connectivity index (χ0) is 14.7. The summed E-state index contributed by atoms with van der Waals surface area (Å²) in [5, 5.41) is 10.4. The molecule has 110 valence electrons. The zero-order valence-electron chi connectivity index (χ0n) is 11.4. The number of nitrogens with zero attached hydrogens (tertiary/aromatic N) is 1. The highest BCUT2D eigenvalue weighted by atomic mass is 35.5. The standard InChI is InChI=1S/C15H16ClN3O2/c16-11-5-3-10(4-6-11)13-8-14(19-18-13)15(20)17-9-12-2-1-7-21-12/h3-6,8,12H,1-2,7,9H2,(H,17,20)(H,18,19)/t12-/m1/s1. The van der Waals surface area contributed by atoms with Gasteiger partial charge in [-0.3, -0.25) is 9.89 Å². The lowest BCUT2D eigenvalue weighted by Crippen LogP contribution is -2.31. The Morgan fingerprint density at radius 1 is 1.43 bits per heavy atom. The molecule has 1 aromatic heterocycles. The van der Waals surface area contributed by atoms with Crippen molar-refractivity contribution in [2.24, 2.45) is 0 Å². The van der Waals surface area contributed by atoms with E-state index in [1.165, 1.54) is 0 Å². The second kappa shape index (κ2) is 6.28.